The Balaban J connectivity index is 2.47. The topological polar surface area (TPSA) is 12.9 Å². The van der Waals surface area contributed by atoms with Crippen molar-refractivity contribution in [3.8, 4) is 10.6 Å². The number of nitrogens with zero attached hydrogens (tertiary/aromatic N) is 1. The Bertz CT molecular complexity index is 457. The van der Waals surface area contributed by atoms with Crippen molar-refractivity contribution in [3.63, 3.8) is 0 Å². The van der Waals surface area contributed by atoms with Gasteiger partial charge in [-0.25, -0.2) is 4.98 Å². The first-order valence-electron chi connectivity index (χ1n) is 4.67. The molecule has 2 rings (SSSR count). The summed E-state index contributed by atoms with van der Waals surface area (Å²) < 4.78 is 0. The molecule has 0 fully saturated rings. The van der Waals surface area contributed by atoms with E-state index in [2.05, 4.69) is 44.0 Å². The fourth-order valence-corrected chi connectivity index (χ4v) is 2.12. The predicted octanol–water partition coefficient (Wildman–Crippen LogP) is 3.74. The van der Waals surface area contributed by atoms with Gasteiger partial charge in [-0.3, -0.25) is 0 Å². The third-order valence-corrected chi connectivity index (χ3v) is 3.34. The predicted molar refractivity (Wildman–Crippen MR) is 61.8 cm³/mol. The first kappa shape index (κ1) is 9.41. The average Bonchev–Trinajstić information content (AvgIpc) is 2.57. The van der Waals surface area contributed by atoms with Crippen LogP contribution in [0.25, 0.3) is 10.6 Å². The van der Waals surface area contributed by atoms with Gasteiger partial charge in [-0.15, -0.1) is 11.3 Å². The van der Waals surface area contributed by atoms with E-state index in [1.165, 1.54) is 21.6 Å². The van der Waals surface area contributed by atoms with Crippen molar-refractivity contribution >= 4 is 11.3 Å². The van der Waals surface area contributed by atoms with Crippen molar-refractivity contribution in [2.45, 2.75) is 20.8 Å². The van der Waals surface area contributed by atoms with E-state index in [1.807, 2.05) is 6.20 Å². The molecule has 0 saturated carbocycles. The van der Waals surface area contributed by atoms with E-state index < -0.39 is 0 Å². The van der Waals surface area contributed by atoms with Crippen molar-refractivity contribution in [1.29, 1.82) is 0 Å². The second kappa shape index (κ2) is 3.54. The molecule has 0 spiro atoms. The normalized spacial score (nSPS) is 10.5. The molecule has 0 amide bonds. The molecular formula is C12H13NS. The minimum atomic E-state index is 1.12. The highest BCUT2D eigenvalue weighted by Crippen LogP contribution is 2.26. The molecule has 0 saturated heterocycles. The van der Waals surface area contributed by atoms with Gasteiger partial charge in [0.25, 0.3) is 0 Å². The van der Waals surface area contributed by atoms with E-state index in [0.717, 1.165) is 5.01 Å². The molecule has 0 unspecified atom stereocenters. The molecule has 1 aromatic heterocycles. The van der Waals surface area contributed by atoms with Crippen LogP contribution in [0.1, 0.15) is 16.0 Å². The lowest BCUT2D eigenvalue weighted by Crippen LogP contribution is -1.82. The molecule has 0 aliphatic carbocycles. The van der Waals surface area contributed by atoms with Gasteiger partial charge in [-0.05, 0) is 38.0 Å². The first-order valence-corrected chi connectivity index (χ1v) is 5.48. The standard InChI is InChI=1S/C12H13NS/c1-8-4-5-11(6-9(8)2)12-13-7-10(3)14-12/h4-7H,1-3H3. The van der Waals surface area contributed by atoms with Gasteiger partial charge >= 0.3 is 0 Å². The molecule has 1 heterocycles. The molecule has 1 aromatic carbocycles. The van der Waals surface area contributed by atoms with Crippen LogP contribution in [-0.2, 0) is 0 Å². The molecule has 0 radical (unpaired) electrons. The summed E-state index contributed by atoms with van der Waals surface area (Å²) >= 11 is 1.74. The number of aromatic nitrogens is 1. The summed E-state index contributed by atoms with van der Waals surface area (Å²) in [5, 5.41) is 1.12. The maximum atomic E-state index is 4.38. The molecular weight excluding hydrogens is 190 g/mol. The molecule has 2 aromatic rings. The SMILES string of the molecule is Cc1cnc(-c2ccc(C)c(C)c2)s1. The Kier molecular flexibility index (Phi) is 2.38. The lowest BCUT2D eigenvalue weighted by molar-refractivity contribution is 1.32. The van der Waals surface area contributed by atoms with Gasteiger partial charge in [0.05, 0.1) is 0 Å². The largest absolute Gasteiger partial charge is 0.244 e. The average molecular weight is 203 g/mol. The number of thiazole rings is 1. The smallest absolute Gasteiger partial charge is 0.123 e. The number of benzene rings is 1. The summed E-state index contributed by atoms with van der Waals surface area (Å²) in [5.74, 6) is 0. The molecule has 2 heteroatoms. The number of hydrogen-bond donors (Lipinski definition) is 0. The zero-order valence-corrected chi connectivity index (χ0v) is 9.48. The van der Waals surface area contributed by atoms with Gasteiger partial charge in [0.1, 0.15) is 5.01 Å². The summed E-state index contributed by atoms with van der Waals surface area (Å²) in [5.41, 5.74) is 3.89. The monoisotopic (exact) mass is 203 g/mol. The van der Waals surface area contributed by atoms with Crippen LogP contribution in [0, 0.1) is 20.8 Å². The summed E-state index contributed by atoms with van der Waals surface area (Å²) in [7, 11) is 0. The lowest BCUT2D eigenvalue weighted by atomic mass is 10.1. The van der Waals surface area contributed by atoms with Crippen LogP contribution >= 0.6 is 11.3 Å². The number of aryl methyl sites for hydroxylation is 3. The quantitative estimate of drug-likeness (QED) is 0.688. The molecule has 72 valence electrons. The minimum absolute atomic E-state index is 1.12. The van der Waals surface area contributed by atoms with Gasteiger partial charge in [0, 0.05) is 16.6 Å². The fraction of sp³-hybridized carbons (Fsp3) is 0.250. The number of hydrogen-bond acceptors (Lipinski definition) is 2. The molecule has 1 nitrogen and oxygen atoms in total. The Hall–Kier alpha value is -1.15. The zero-order valence-electron chi connectivity index (χ0n) is 8.66. The second-order valence-corrected chi connectivity index (χ2v) is 4.81. The van der Waals surface area contributed by atoms with Crippen molar-refractivity contribution in [1.82, 2.24) is 4.98 Å². The van der Waals surface area contributed by atoms with Crippen molar-refractivity contribution in [2.24, 2.45) is 0 Å². The molecule has 0 aliphatic rings. The molecule has 0 N–H and O–H groups in total. The summed E-state index contributed by atoms with van der Waals surface area (Å²) in [4.78, 5) is 5.64. The fourth-order valence-electron chi connectivity index (χ4n) is 1.36. The maximum absolute atomic E-state index is 4.38. The lowest BCUT2D eigenvalue weighted by Gasteiger charge is -2.01. The molecule has 14 heavy (non-hydrogen) atoms. The minimum Gasteiger partial charge on any atom is -0.244 e. The highest BCUT2D eigenvalue weighted by molar-refractivity contribution is 7.14. The summed E-state index contributed by atoms with van der Waals surface area (Å²) in [6.07, 6.45) is 1.93. The van der Waals surface area contributed by atoms with E-state index in [4.69, 9.17) is 0 Å². The van der Waals surface area contributed by atoms with Crippen LogP contribution in [-0.4, -0.2) is 4.98 Å². The first-order chi connectivity index (χ1) is 6.66. The number of rotatable bonds is 1. The van der Waals surface area contributed by atoms with Crippen molar-refractivity contribution in [2.75, 3.05) is 0 Å². The van der Waals surface area contributed by atoms with Crippen molar-refractivity contribution in [3.05, 3.63) is 40.4 Å². The van der Waals surface area contributed by atoms with E-state index in [0.29, 0.717) is 0 Å². The van der Waals surface area contributed by atoms with Gasteiger partial charge in [0.2, 0.25) is 0 Å². The van der Waals surface area contributed by atoms with Gasteiger partial charge in [-0.1, -0.05) is 12.1 Å². The highest BCUT2D eigenvalue weighted by Gasteiger charge is 2.03. The van der Waals surface area contributed by atoms with Gasteiger partial charge < -0.3 is 0 Å². The highest BCUT2D eigenvalue weighted by atomic mass is 32.1. The van der Waals surface area contributed by atoms with E-state index >= 15 is 0 Å². The second-order valence-electron chi connectivity index (χ2n) is 3.58. The van der Waals surface area contributed by atoms with Crippen LogP contribution in [0.4, 0.5) is 0 Å². The van der Waals surface area contributed by atoms with Crippen molar-refractivity contribution < 1.29 is 0 Å². The molecule has 0 bridgehead atoms. The third kappa shape index (κ3) is 1.70. The molecule has 0 aliphatic heterocycles. The zero-order chi connectivity index (χ0) is 10.1. The van der Waals surface area contributed by atoms with Crippen LogP contribution < -0.4 is 0 Å². The van der Waals surface area contributed by atoms with E-state index in [-0.39, 0.29) is 0 Å². The third-order valence-electron chi connectivity index (χ3n) is 2.38. The summed E-state index contributed by atoms with van der Waals surface area (Å²) in [6.45, 7) is 6.35. The maximum Gasteiger partial charge on any atom is 0.123 e. The van der Waals surface area contributed by atoms with Gasteiger partial charge in [0.15, 0.2) is 0 Å². The Morgan fingerprint density at radius 2 is 1.86 bits per heavy atom. The Morgan fingerprint density at radius 1 is 1.07 bits per heavy atom. The van der Waals surface area contributed by atoms with Gasteiger partial charge in [-0.2, -0.15) is 0 Å². The van der Waals surface area contributed by atoms with E-state index in [1.54, 1.807) is 11.3 Å². The van der Waals surface area contributed by atoms with Crippen LogP contribution in [0.2, 0.25) is 0 Å². The van der Waals surface area contributed by atoms with Crippen LogP contribution in [0.3, 0.4) is 0 Å². The van der Waals surface area contributed by atoms with Crippen LogP contribution in [0.15, 0.2) is 24.4 Å². The van der Waals surface area contributed by atoms with Crippen LogP contribution in [0.5, 0.6) is 0 Å². The molecule has 0 atom stereocenters. The summed E-state index contributed by atoms with van der Waals surface area (Å²) in [6, 6.07) is 6.50. The Labute approximate surface area is 88.4 Å². The Morgan fingerprint density at radius 3 is 2.43 bits per heavy atom. The van der Waals surface area contributed by atoms with E-state index in [9.17, 15) is 0 Å².